The molecule has 108 valence electrons. The second-order valence-electron chi connectivity index (χ2n) is 4.93. The minimum Gasteiger partial charge on any atom is -0.392 e. The predicted molar refractivity (Wildman–Crippen MR) is 84.7 cm³/mol. The van der Waals surface area contributed by atoms with E-state index in [-0.39, 0.29) is 5.91 Å². The highest BCUT2D eigenvalue weighted by Gasteiger charge is 2.19. The van der Waals surface area contributed by atoms with Crippen molar-refractivity contribution in [3.63, 3.8) is 0 Å². The molecule has 20 heavy (non-hydrogen) atoms. The largest absolute Gasteiger partial charge is 0.392 e. The number of amides is 1. The Bertz CT molecular complexity index is 458. The molecule has 0 unspecified atom stereocenters. The summed E-state index contributed by atoms with van der Waals surface area (Å²) in [4.78, 5) is 16.8. The number of carbonyl (C=O) groups excluding carboxylic acids is 1. The average Bonchev–Trinajstić information content (AvgIpc) is 2.41. The number of nitrogens with two attached hydrogens (primary N) is 1. The van der Waals surface area contributed by atoms with Crippen molar-refractivity contribution >= 4 is 28.8 Å². The van der Waals surface area contributed by atoms with Crippen molar-refractivity contribution in [3.8, 4) is 0 Å². The molecule has 1 saturated heterocycles. The summed E-state index contributed by atoms with van der Waals surface area (Å²) in [7, 11) is 0. The van der Waals surface area contributed by atoms with Gasteiger partial charge in [0.2, 0.25) is 5.91 Å². The summed E-state index contributed by atoms with van der Waals surface area (Å²) in [6.45, 7) is 4.62. The van der Waals surface area contributed by atoms with Crippen molar-refractivity contribution in [3.05, 3.63) is 30.3 Å². The number of thiocarbonyl (C=S) groups is 1. The summed E-state index contributed by atoms with van der Waals surface area (Å²) in [5.41, 5.74) is 6.37. The first-order chi connectivity index (χ1) is 9.63. The highest BCUT2D eigenvalue weighted by atomic mass is 32.1. The Balaban J connectivity index is 1.72. The van der Waals surface area contributed by atoms with Gasteiger partial charge in [0.05, 0.1) is 11.5 Å². The Morgan fingerprint density at radius 3 is 2.20 bits per heavy atom. The molecular formula is C14H20N4OS. The SMILES string of the molecule is NC(=S)CN1CCN(CC(=O)Nc2ccccc2)CC1. The van der Waals surface area contributed by atoms with Gasteiger partial charge in [0, 0.05) is 38.4 Å². The van der Waals surface area contributed by atoms with E-state index in [0.29, 0.717) is 18.1 Å². The lowest BCUT2D eigenvalue weighted by Gasteiger charge is -2.33. The zero-order valence-electron chi connectivity index (χ0n) is 11.4. The van der Waals surface area contributed by atoms with E-state index in [2.05, 4.69) is 15.1 Å². The van der Waals surface area contributed by atoms with Gasteiger partial charge in [-0.15, -0.1) is 0 Å². The van der Waals surface area contributed by atoms with E-state index in [9.17, 15) is 4.79 Å². The van der Waals surface area contributed by atoms with Crippen LogP contribution in [0, 0.1) is 0 Å². The number of nitrogens with one attached hydrogen (secondary N) is 1. The lowest BCUT2D eigenvalue weighted by Crippen LogP contribution is -2.50. The fourth-order valence-corrected chi connectivity index (χ4v) is 2.43. The number of hydrogen-bond acceptors (Lipinski definition) is 4. The van der Waals surface area contributed by atoms with Crippen molar-refractivity contribution < 1.29 is 4.79 Å². The van der Waals surface area contributed by atoms with Crippen LogP contribution in [0.1, 0.15) is 0 Å². The Morgan fingerprint density at radius 2 is 1.65 bits per heavy atom. The molecule has 1 heterocycles. The van der Waals surface area contributed by atoms with Gasteiger partial charge in [-0.05, 0) is 12.1 Å². The molecular weight excluding hydrogens is 272 g/mol. The van der Waals surface area contributed by atoms with Gasteiger partial charge in [-0.25, -0.2) is 0 Å². The first-order valence-corrected chi connectivity index (χ1v) is 7.12. The molecule has 0 atom stereocenters. The van der Waals surface area contributed by atoms with Crippen LogP contribution in [0.3, 0.4) is 0 Å². The first-order valence-electron chi connectivity index (χ1n) is 6.71. The van der Waals surface area contributed by atoms with E-state index in [4.69, 9.17) is 18.0 Å². The Hall–Kier alpha value is -1.50. The molecule has 3 N–H and O–H groups in total. The predicted octanol–water partition coefficient (Wildman–Crippen LogP) is 0.529. The number of rotatable bonds is 5. The van der Waals surface area contributed by atoms with Crippen LogP contribution in [-0.4, -0.2) is 60.0 Å². The number of nitrogens with zero attached hydrogens (tertiary/aromatic N) is 2. The third kappa shape index (κ3) is 4.88. The third-order valence-corrected chi connectivity index (χ3v) is 3.40. The highest BCUT2D eigenvalue weighted by molar-refractivity contribution is 7.80. The Morgan fingerprint density at radius 1 is 1.10 bits per heavy atom. The van der Waals surface area contributed by atoms with Crippen LogP contribution in [0.5, 0.6) is 0 Å². The van der Waals surface area contributed by atoms with E-state index in [0.717, 1.165) is 31.9 Å². The quantitative estimate of drug-likeness (QED) is 0.775. The third-order valence-electron chi connectivity index (χ3n) is 3.27. The zero-order chi connectivity index (χ0) is 14.4. The normalized spacial score (nSPS) is 16.8. The van der Waals surface area contributed by atoms with E-state index in [1.165, 1.54) is 0 Å². The minimum absolute atomic E-state index is 0.0268. The molecule has 5 nitrogen and oxygen atoms in total. The summed E-state index contributed by atoms with van der Waals surface area (Å²) < 4.78 is 0. The Kier molecular flexibility index (Phi) is 5.46. The van der Waals surface area contributed by atoms with Crippen LogP contribution < -0.4 is 11.1 Å². The fraction of sp³-hybridized carbons (Fsp3) is 0.429. The number of carbonyl (C=O) groups is 1. The van der Waals surface area contributed by atoms with Gasteiger partial charge in [0.15, 0.2) is 0 Å². The van der Waals surface area contributed by atoms with Crippen LogP contribution in [0.15, 0.2) is 30.3 Å². The van der Waals surface area contributed by atoms with Crippen molar-refractivity contribution in [1.82, 2.24) is 9.80 Å². The molecule has 1 aliphatic heterocycles. The van der Waals surface area contributed by atoms with Crippen molar-refractivity contribution in [2.75, 3.05) is 44.6 Å². The summed E-state index contributed by atoms with van der Waals surface area (Å²) in [6, 6.07) is 9.51. The first kappa shape index (κ1) is 14.9. The zero-order valence-corrected chi connectivity index (χ0v) is 12.2. The van der Waals surface area contributed by atoms with Crippen molar-refractivity contribution in [1.29, 1.82) is 0 Å². The number of hydrogen-bond donors (Lipinski definition) is 2. The smallest absolute Gasteiger partial charge is 0.238 e. The molecule has 1 aromatic carbocycles. The lowest BCUT2D eigenvalue weighted by molar-refractivity contribution is -0.117. The number of piperazine rings is 1. The maximum atomic E-state index is 11.9. The van der Waals surface area contributed by atoms with E-state index >= 15 is 0 Å². The Labute approximate surface area is 124 Å². The summed E-state index contributed by atoms with van der Waals surface area (Å²) in [5, 5.41) is 2.90. The molecule has 1 aromatic rings. The summed E-state index contributed by atoms with van der Waals surface area (Å²) >= 11 is 4.91. The molecule has 0 aliphatic carbocycles. The molecule has 0 bridgehead atoms. The second kappa shape index (κ2) is 7.33. The molecule has 2 rings (SSSR count). The molecule has 1 amide bonds. The van der Waals surface area contributed by atoms with Crippen LogP contribution in [0.4, 0.5) is 5.69 Å². The van der Waals surface area contributed by atoms with Gasteiger partial charge < -0.3 is 11.1 Å². The lowest BCUT2D eigenvalue weighted by atomic mass is 10.3. The molecule has 0 aromatic heterocycles. The summed E-state index contributed by atoms with van der Waals surface area (Å²) in [6.07, 6.45) is 0. The molecule has 1 aliphatic rings. The number of benzene rings is 1. The fourth-order valence-electron chi connectivity index (χ4n) is 2.25. The van der Waals surface area contributed by atoms with Crippen LogP contribution in [-0.2, 0) is 4.79 Å². The van der Waals surface area contributed by atoms with Crippen LogP contribution in [0.2, 0.25) is 0 Å². The van der Waals surface area contributed by atoms with Gasteiger partial charge in [0.1, 0.15) is 0 Å². The number of para-hydroxylation sites is 1. The van der Waals surface area contributed by atoms with Gasteiger partial charge >= 0.3 is 0 Å². The van der Waals surface area contributed by atoms with E-state index in [1.807, 2.05) is 30.3 Å². The monoisotopic (exact) mass is 292 g/mol. The van der Waals surface area contributed by atoms with Gasteiger partial charge in [0.25, 0.3) is 0 Å². The van der Waals surface area contributed by atoms with E-state index in [1.54, 1.807) is 0 Å². The van der Waals surface area contributed by atoms with Gasteiger partial charge in [-0.3, -0.25) is 14.6 Å². The minimum atomic E-state index is 0.0268. The summed E-state index contributed by atoms with van der Waals surface area (Å²) in [5.74, 6) is 0.0268. The van der Waals surface area contributed by atoms with Crippen molar-refractivity contribution in [2.45, 2.75) is 0 Å². The molecule has 0 saturated carbocycles. The standard InChI is InChI=1S/C14H20N4OS/c15-13(20)10-17-6-8-18(9-7-17)11-14(19)16-12-4-2-1-3-5-12/h1-5H,6-11H2,(H2,15,20)(H,16,19). The maximum Gasteiger partial charge on any atom is 0.238 e. The second-order valence-corrected chi connectivity index (χ2v) is 5.46. The number of anilines is 1. The topological polar surface area (TPSA) is 61.6 Å². The maximum absolute atomic E-state index is 11.9. The van der Waals surface area contributed by atoms with E-state index < -0.39 is 0 Å². The van der Waals surface area contributed by atoms with Gasteiger partial charge in [-0.1, -0.05) is 30.4 Å². The van der Waals surface area contributed by atoms with Crippen LogP contribution >= 0.6 is 12.2 Å². The molecule has 0 radical (unpaired) electrons. The highest BCUT2D eigenvalue weighted by Crippen LogP contribution is 2.06. The van der Waals surface area contributed by atoms with Crippen LogP contribution in [0.25, 0.3) is 0 Å². The van der Waals surface area contributed by atoms with Gasteiger partial charge in [-0.2, -0.15) is 0 Å². The molecule has 1 fully saturated rings. The van der Waals surface area contributed by atoms with Crippen molar-refractivity contribution in [2.24, 2.45) is 5.73 Å². The average molecular weight is 292 g/mol. The molecule has 6 heteroatoms. The molecule has 0 spiro atoms.